The first kappa shape index (κ1) is 21.5. The third kappa shape index (κ3) is 5.90. The molecule has 0 radical (unpaired) electrons. The zero-order chi connectivity index (χ0) is 21.6. The van der Waals surface area contributed by atoms with E-state index in [2.05, 4.69) is 24.3 Å². The van der Waals surface area contributed by atoms with Gasteiger partial charge in [-0.1, -0.05) is 85.8 Å². The largest absolute Gasteiger partial charge is 0.460 e. The highest BCUT2D eigenvalue weighted by Gasteiger charge is 2.22. The minimum atomic E-state index is -0.489. The standard InChI is InChI=1S/C27H29NO2/c1-20(26(29)30-27(2,3)4)19-23-17-11-12-18-24(23)28-25(21-13-7-5-8-14-21)22-15-9-6-10-16-22/h5-18,20H,19H2,1-4H3. The fourth-order valence-electron chi connectivity index (χ4n) is 3.22. The van der Waals surface area contributed by atoms with Crippen molar-refractivity contribution in [3.8, 4) is 0 Å². The van der Waals surface area contributed by atoms with Gasteiger partial charge in [-0.15, -0.1) is 0 Å². The van der Waals surface area contributed by atoms with Gasteiger partial charge in [0.2, 0.25) is 0 Å². The van der Waals surface area contributed by atoms with Gasteiger partial charge in [-0.3, -0.25) is 4.79 Å². The predicted octanol–water partition coefficient (Wildman–Crippen LogP) is 6.38. The third-order valence-corrected chi connectivity index (χ3v) is 4.65. The van der Waals surface area contributed by atoms with Crippen LogP contribution in [0.1, 0.15) is 44.4 Å². The Morgan fingerprint density at radius 3 is 1.87 bits per heavy atom. The van der Waals surface area contributed by atoms with E-state index in [1.165, 1.54) is 0 Å². The summed E-state index contributed by atoms with van der Waals surface area (Å²) in [5, 5.41) is 0. The van der Waals surface area contributed by atoms with Crippen LogP contribution in [0.4, 0.5) is 5.69 Å². The molecule has 0 aliphatic rings. The Hall–Kier alpha value is -3.20. The van der Waals surface area contributed by atoms with Crippen molar-refractivity contribution in [2.45, 2.75) is 39.7 Å². The van der Waals surface area contributed by atoms with Gasteiger partial charge in [-0.05, 0) is 38.8 Å². The highest BCUT2D eigenvalue weighted by molar-refractivity contribution is 6.14. The molecule has 0 amide bonds. The molecule has 0 aliphatic carbocycles. The lowest BCUT2D eigenvalue weighted by Gasteiger charge is -2.22. The third-order valence-electron chi connectivity index (χ3n) is 4.65. The SMILES string of the molecule is CC(Cc1ccccc1N=C(c1ccccc1)c1ccccc1)C(=O)OC(C)(C)C. The maximum atomic E-state index is 12.5. The Morgan fingerprint density at radius 1 is 0.833 bits per heavy atom. The van der Waals surface area contributed by atoms with Gasteiger partial charge in [0.15, 0.2) is 0 Å². The molecule has 3 aromatic carbocycles. The van der Waals surface area contributed by atoms with Crippen molar-refractivity contribution < 1.29 is 9.53 Å². The van der Waals surface area contributed by atoms with Crippen LogP contribution in [0, 0.1) is 5.92 Å². The fourth-order valence-corrected chi connectivity index (χ4v) is 3.22. The molecule has 0 saturated heterocycles. The highest BCUT2D eigenvalue weighted by atomic mass is 16.6. The first-order valence-electron chi connectivity index (χ1n) is 10.3. The Balaban J connectivity index is 1.96. The van der Waals surface area contributed by atoms with Gasteiger partial charge in [0, 0.05) is 11.1 Å². The van der Waals surface area contributed by atoms with Crippen LogP contribution in [-0.2, 0) is 16.0 Å². The lowest BCUT2D eigenvalue weighted by Crippen LogP contribution is -2.28. The van der Waals surface area contributed by atoms with Gasteiger partial charge < -0.3 is 4.74 Å². The monoisotopic (exact) mass is 399 g/mol. The number of hydrogen-bond acceptors (Lipinski definition) is 3. The van der Waals surface area contributed by atoms with Crippen molar-refractivity contribution in [3.05, 3.63) is 102 Å². The number of esters is 1. The smallest absolute Gasteiger partial charge is 0.309 e. The molecule has 3 aromatic rings. The molecule has 30 heavy (non-hydrogen) atoms. The average Bonchev–Trinajstić information content (AvgIpc) is 2.73. The van der Waals surface area contributed by atoms with E-state index in [0.717, 1.165) is 28.1 Å². The zero-order valence-corrected chi connectivity index (χ0v) is 18.1. The number of hydrogen-bond donors (Lipinski definition) is 0. The van der Waals surface area contributed by atoms with E-state index in [1.807, 2.05) is 88.4 Å². The van der Waals surface area contributed by atoms with E-state index in [1.54, 1.807) is 0 Å². The van der Waals surface area contributed by atoms with Gasteiger partial charge in [-0.2, -0.15) is 0 Å². The summed E-state index contributed by atoms with van der Waals surface area (Å²) in [5.74, 6) is -0.440. The van der Waals surface area contributed by atoms with Crippen LogP contribution in [0.25, 0.3) is 0 Å². The fraction of sp³-hybridized carbons (Fsp3) is 0.259. The van der Waals surface area contributed by atoms with E-state index in [-0.39, 0.29) is 11.9 Å². The Kier molecular flexibility index (Phi) is 6.83. The summed E-state index contributed by atoms with van der Waals surface area (Å²) >= 11 is 0. The van der Waals surface area contributed by atoms with Crippen molar-refractivity contribution in [1.82, 2.24) is 0 Å². The number of benzene rings is 3. The second kappa shape index (κ2) is 9.53. The number of ether oxygens (including phenoxy) is 1. The molecule has 154 valence electrons. The first-order valence-corrected chi connectivity index (χ1v) is 10.3. The molecule has 0 bridgehead atoms. The molecule has 0 spiro atoms. The molecule has 0 aromatic heterocycles. The Bertz CT molecular complexity index is 960. The van der Waals surface area contributed by atoms with Gasteiger partial charge >= 0.3 is 5.97 Å². The Labute approximate surface area is 179 Å². The van der Waals surface area contributed by atoms with Crippen LogP contribution in [0.3, 0.4) is 0 Å². The minimum absolute atomic E-state index is 0.187. The number of rotatable bonds is 6. The summed E-state index contributed by atoms with van der Waals surface area (Å²) < 4.78 is 5.56. The van der Waals surface area contributed by atoms with Gasteiger partial charge in [-0.25, -0.2) is 4.99 Å². The summed E-state index contributed by atoms with van der Waals surface area (Å²) in [6, 6.07) is 28.4. The van der Waals surface area contributed by atoms with E-state index >= 15 is 0 Å². The van der Waals surface area contributed by atoms with E-state index < -0.39 is 5.60 Å². The number of nitrogens with zero attached hydrogens (tertiary/aromatic N) is 1. The topological polar surface area (TPSA) is 38.7 Å². The van der Waals surface area contributed by atoms with Crippen molar-refractivity contribution in [2.75, 3.05) is 0 Å². The molecule has 0 aliphatic heterocycles. The molecule has 0 saturated carbocycles. The van der Waals surface area contributed by atoms with Gasteiger partial charge in [0.25, 0.3) is 0 Å². The first-order chi connectivity index (χ1) is 14.3. The molecule has 0 heterocycles. The lowest BCUT2D eigenvalue weighted by atomic mass is 9.98. The van der Waals surface area contributed by atoms with Crippen LogP contribution in [0.2, 0.25) is 0 Å². The summed E-state index contributed by atoms with van der Waals surface area (Å²) in [6.07, 6.45) is 0.575. The number of aliphatic imine (C=N–C) groups is 1. The second-order valence-corrected chi connectivity index (χ2v) is 8.46. The normalized spacial score (nSPS) is 12.1. The number of carbonyl (C=O) groups excluding carboxylic acids is 1. The molecular formula is C27H29NO2. The van der Waals surface area contributed by atoms with Crippen molar-refractivity contribution in [2.24, 2.45) is 10.9 Å². The van der Waals surface area contributed by atoms with E-state index in [9.17, 15) is 4.79 Å². The lowest BCUT2D eigenvalue weighted by molar-refractivity contribution is -0.159. The molecule has 1 unspecified atom stereocenters. The molecule has 0 N–H and O–H groups in total. The molecule has 1 atom stereocenters. The predicted molar refractivity (Wildman–Crippen MR) is 123 cm³/mol. The van der Waals surface area contributed by atoms with Crippen LogP contribution >= 0.6 is 0 Å². The molecule has 3 rings (SSSR count). The molecule has 3 heteroatoms. The summed E-state index contributed by atoms with van der Waals surface area (Å²) in [7, 11) is 0. The molecule has 0 fully saturated rings. The Morgan fingerprint density at radius 2 is 1.33 bits per heavy atom. The van der Waals surface area contributed by atoms with Crippen LogP contribution in [-0.4, -0.2) is 17.3 Å². The highest BCUT2D eigenvalue weighted by Crippen LogP contribution is 2.26. The maximum absolute atomic E-state index is 12.5. The maximum Gasteiger partial charge on any atom is 0.309 e. The van der Waals surface area contributed by atoms with Crippen LogP contribution < -0.4 is 0 Å². The second-order valence-electron chi connectivity index (χ2n) is 8.46. The van der Waals surface area contributed by atoms with Crippen LogP contribution in [0.15, 0.2) is 89.9 Å². The van der Waals surface area contributed by atoms with Gasteiger partial charge in [0.1, 0.15) is 5.60 Å². The summed E-state index contributed by atoms with van der Waals surface area (Å²) in [4.78, 5) is 17.5. The van der Waals surface area contributed by atoms with E-state index in [0.29, 0.717) is 6.42 Å². The number of para-hydroxylation sites is 1. The molecule has 3 nitrogen and oxygen atoms in total. The number of carbonyl (C=O) groups is 1. The average molecular weight is 400 g/mol. The molecular weight excluding hydrogens is 370 g/mol. The van der Waals surface area contributed by atoms with E-state index in [4.69, 9.17) is 9.73 Å². The van der Waals surface area contributed by atoms with Crippen LogP contribution in [0.5, 0.6) is 0 Å². The van der Waals surface area contributed by atoms with Crippen molar-refractivity contribution in [1.29, 1.82) is 0 Å². The summed E-state index contributed by atoms with van der Waals surface area (Å²) in [5.41, 5.74) is 4.43. The van der Waals surface area contributed by atoms with Crippen molar-refractivity contribution >= 4 is 17.4 Å². The quantitative estimate of drug-likeness (QED) is 0.356. The summed E-state index contributed by atoms with van der Waals surface area (Å²) in [6.45, 7) is 7.58. The van der Waals surface area contributed by atoms with Crippen molar-refractivity contribution in [3.63, 3.8) is 0 Å². The minimum Gasteiger partial charge on any atom is -0.460 e. The van der Waals surface area contributed by atoms with Gasteiger partial charge in [0.05, 0.1) is 17.3 Å². The zero-order valence-electron chi connectivity index (χ0n) is 18.1.